The fourth-order valence-electron chi connectivity index (χ4n) is 2.19. The lowest BCUT2D eigenvalue weighted by Crippen LogP contribution is -2.20. The van der Waals surface area contributed by atoms with E-state index in [1.807, 2.05) is 6.92 Å². The Kier molecular flexibility index (Phi) is 2.36. The van der Waals surface area contributed by atoms with Crippen LogP contribution in [0.15, 0.2) is 16.5 Å². The molecule has 3 rings (SSSR count). The molecule has 94 valence electrons. The van der Waals surface area contributed by atoms with Crippen molar-refractivity contribution in [2.75, 3.05) is 11.9 Å². The first-order valence-electron chi connectivity index (χ1n) is 5.81. The molecule has 0 atom stereocenters. The molecule has 6 nitrogen and oxygen atoms in total. The number of hydrogen-bond acceptors (Lipinski definition) is 4. The van der Waals surface area contributed by atoms with Crippen LogP contribution in [0.4, 0.5) is 5.95 Å². The largest absolute Gasteiger partial charge is 0.477 e. The Morgan fingerprint density at radius 3 is 3.06 bits per heavy atom. The van der Waals surface area contributed by atoms with Gasteiger partial charge in [0.1, 0.15) is 11.5 Å². The predicted octanol–water partition coefficient (Wildman–Crippen LogP) is 1.97. The number of aromatic nitrogens is 2. The summed E-state index contributed by atoms with van der Waals surface area (Å²) in [5.41, 5.74) is 0.576. The van der Waals surface area contributed by atoms with Gasteiger partial charge in [-0.15, -0.1) is 0 Å². The summed E-state index contributed by atoms with van der Waals surface area (Å²) in [4.78, 5) is 15.7. The summed E-state index contributed by atoms with van der Waals surface area (Å²) in [7, 11) is 0. The molecule has 0 spiro atoms. The van der Waals surface area contributed by atoms with Crippen LogP contribution in [0, 0.1) is 6.92 Å². The summed E-state index contributed by atoms with van der Waals surface area (Å²) >= 11 is 0. The first-order valence-corrected chi connectivity index (χ1v) is 5.81. The SMILES string of the molecule is Cc1ccc(-c2nc3n(c2C(=O)O)CCCN3)o1. The molecule has 0 aromatic carbocycles. The maximum absolute atomic E-state index is 11.4. The molecule has 0 radical (unpaired) electrons. The molecule has 18 heavy (non-hydrogen) atoms. The number of imidazole rings is 1. The monoisotopic (exact) mass is 247 g/mol. The van der Waals surface area contributed by atoms with Gasteiger partial charge in [-0.2, -0.15) is 0 Å². The minimum atomic E-state index is -0.985. The highest BCUT2D eigenvalue weighted by atomic mass is 16.4. The predicted molar refractivity (Wildman–Crippen MR) is 64.7 cm³/mol. The van der Waals surface area contributed by atoms with Gasteiger partial charge in [-0.25, -0.2) is 9.78 Å². The minimum Gasteiger partial charge on any atom is -0.477 e. The molecular formula is C12H13N3O3. The minimum absolute atomic E-state index is 0.187. The van der Waals surface area contributed by atoms with Crippen molar-refractivity contribution in [1.82, 2.24) is 9.55 Å². The molecule has 0 saturated heterocycles. The zero-order chi connectivity index (χ0) is 12.7. The standard InChI is InChI=1S/C12H13N3O3/c1-7-3-4-8(18-7)9-10(11(16)17)15-6-2-5-13-12(15)14-9/h3-4H,2,5-6H2,1H3,(H,13,14)(H,16,17). The Balaban J connectivity index is 2.19. The van der Waals surface area contributed by atoms with Gasteiger partial charge in [-0.1, -0.05) is 0 Å². The Morgan fingerprint density at radius 1 is 1.56 bits per heavy atom. The van der Waals surface area contributed by atoms with Crippen molar-refractivity contribution in [2.45, 2.75) is 19.9 Å². The van der Waals surface area contributed by atoms with Crippen molar-refractivity contribution >= 4 is 11.9 Å². The van der Waals surface area contributed by atoms with Gasteiger partial charge in [0.05, 0.1) is 0 Å². The van der Waals surface area contributed by atoms with Crippen LogP contribution in [-0.2, 0) is 6.54 Å². The van der Waals surface area contributed by atoms with Crippen molar-refractivity contribution < 1.29 is 14.3 Å². The van der Waals surface area contributed by atoms with Crippen molar-refractivity contribution in [2.24, 2.45) is 0 Å². The summed E-state index contributed by atoms with van der Waals surface area (Å²) in [5, 5.41) is 12.5. The van der Waals surface area contributed by atoms with Crippen molar-refractivity contribution in [3.8, 4) is 11.5 Å². The van der Waals surface area contributed by atoms with Crippen LogP contribution < -0.4 is 5.32 Å². The molecule has 1 aliphatic heterocycles. The maximum atomic E-state index is 11.4. The number of carbonyl (C=O) groups is 1. The molecule has 0 saturated carbocycles. The average molecular weight is 247 g/mol. The van der Waals surface area contributed by atoms with Crippen molar-refractivity contribution in [3.63, 3.8) is 0 Å². The molecular weight excluding hydrogens is 234 g/mol. The van der Waals surface area contributed by atoms with Gasteiger partial charge in [0.15, 0.2) is 11.5 Å². The van der Waals surface area contributed by atoms with E-state index >= 15 is 0 Å². The Morgan fingerprint density at radius 2 is 2.39 bits per heavy atom. The lowest BCUT2D eigenvalue weighted by Gasteiger charge is -2.16. The van der Waals surface area contributed by atoms with E-state index in [-0.39, 0.29) is 5.69 Å². The van der Waals surface area contributed by atoms with Gasteiger partial charge in [0.25, 0.3) is 0 Å². The van der Waals surface area contributed by atoms with E-state index in [1.165, 1.54) is 0 Å². The Bertz CT molecular complexity index is 612. The third-order valence-corrected chi connectivity index (χ3v) is 2.99. The van der Waals surface area contributed by atoms with Crippen LogP contribution in [0.2, 0.25) is 0 Å². The summed E-state index contributed by atoms with van der Waals surface area (Å²) in [6.45, 7) is 3.29. The molecule has 0 fully saturated rings. The van der Waals surface area contributed by atoms with Crippen LogP contribution in [0.25, 0.3) is 11.5 Å². The first-order chi connectivity index (χ1) is 8.66. The molecule has 0 unspecified atom stereocenters. The third-order valence-electron chi connectivity index (χ3n) is 2.99. The lowest BCUT2D eigenvalue weighted by atomic mass is 10.2. The van der Waals surface area contributed by atoms with Gasteiger partial charge in [-0.05, 0) is 25.5 Å². The van der Waals surface area contributed by atoms with E-state index in [0.29, 0.717) is 23.9 Å². The fourth-order valence-corrected chi connectivity index (χ4v) is 2.19. The highest BCUT2D eigenvalue weighted by Crippen LogP contribution is 2.29. The number of fused-ring (bicyclic) bond motifs is 1. The summed E-state index contributed by atoms with van der Waals surface area (Å²) in [5.74, 6) is 0.845. The van der Waals surface area contributed by atoms with Crippen LogP contribution in [0.3, 0.4) is 0 Å². The number of aromatic carboxylic acids is 1. The molecule has 6 heteroatoms. The number of furan rings is 1. The average Bonchev–Trinajstić information content (AvgIpc) is 2.91. The zero-order valence-corrected chi connectivity index (χ0v) is 9.93. The maximum Gasteiger partial charge on any atom is 0.355 e. The van der Waals surface area contributed by atoms with E-state index in [2.05, 4.69) is 10.3 Å². The van der Waals surface area contributed by atoms with Gasteiger partial charge in [-0.3, -0.25) is 0 Å². The van der Waals surface area contributed by atoms with E-state index < -0.39 is 5.97 Å². The second-order valence-corrected chi connectivity index (χ2v) is 4.28. The fraction of sp³-hybridized carbons (Fsp3) is 0.333. The molecule has 2 aromatic rings. The molecule has 0 amide bonds. The molecule has 3 heterocycles. The lowest BCUT2D eigenvalue weighted by molar-refractivity contribution is 0.0685. The normalized spacial score (nSPS) is 14.1. The Hall–Kier alpha value is -2.24. The molecule has 2 aromatic heterocycles. The van der Waals surface area contributed by atoms with E-state index in [1.54, 1.807) is 16.7 Å². The van der Waals surface area contributed by atoms with Gasteiger partial charge >= 0.3 is 5.97 Å². The number of carboxylic acid groups (broad SMARTS) is 1. The first kappa shape index (κ1) is 10.9. The van der Waals surface area contributed by atoms with Gasteiger partial charge in [0.2, 0.25) is 5.95 Å². The molecule has 0 aliphatic carbocycles. The van der Waals surface area contributed by atoms with Crippen LogP contribution in [0.5, 0.6) is 0 Å². The quantitative estimate of drug-likeness (QED) is 0.848. The van der Waals surface area contributed by atoms with E-state index in [0.717, 1.165) is 18.7 Å². The number of nitrogens with one attached hydrogen (secondary N) is 1. The summed E-state index contributed by atoms with van der Waals surface area (Å²) < 4.78 is 7.16. The highest BCUT2D eigenvalue weighted by Gasteiger charge is 2.26. The van der Waals surface area contributed by atoms with Crippen molar-refractivity contribution in [1.29, 1.82) is 0 Å². The van der Waals surface area contributed by atoms with Gasteiger partial charge in [0, 0.05) is 13.1 Å². The van der Waals surface area contributed by atoms with Crippen molar-refractivity contribution in [3.05, 3.63) is 23.6 Å². The second-order valence-electron chi connectivity index (χ2n) is 4.28. The van der Waals surface area contributed by atoms with E-state index in [4.69, 9.17) is 4.42 Å². The number of hydrogen-bond donors (Lipinski definition) is 2. The molecule has 0 bridgehead atoms. The molecule has 1 aliphatic rings. The van der Waals surface area contributed by atoms with Gasteiger partial charge < -0.3 is 19.4 Å². The van der Waals surface area contributed by atoms with Crippen LogP contribution in [-0.4, -0.2) is 27.2 Å². The smallest absolute Gasteiger partial charge is 0.355 e. The number of rotatable bonds is 2. The van der Waals surface area contributed by atoms with Crippen LogP contribution in [0.1, 0.15) is 22.7 Å². The third kappa shape index (κ3) is 1.57. The Labute approximate surface area is 103 Å². The number of aryl methyl sites for hydroxylation is 1. The number of nitrogens with zero attached hydrogens (tertiary/aromatic N) is 2. The van der Waals surface area contributed by atoms with E-state index in [9.17, 15) is 9.90 Å². The second kappa shape index (κ2) is 3.90. The molecule has 2 N–H and O–H groups in total. The number of carboxylic acids is 1. The summed E-state index contributed by atoms with van der Waals surface area (Å²) in [6, 6.07) is 3.54. The summed E-state index contributed by atoms with van der Waals surface area (Å²) in [6.07, 6.45) is 0.889. The highest BCUT2D eigenvalue weighted by molar-refractivity contribution is 5.93. The zero-order valence-electron chi connectivity index (χ0n) is 9.93. The topological polar surface area (TPSA) is 80.3 Å². The van der Waals surface area contributed by atoms with Crippen LogP contribution >= 0.6 is 0 Å². The number of anilines is 1.